The largest absolute Gasteiger partial charge is 0.381 e. The molecule has 0 radical (unpaired) electrons. The zero-order valence-electron chi connectivity index (χ0n) is 8.21. The molecule has 0 saturated heterocycles. The zero-order chi connectivity index (χ0) is 9.07. The molecule has 0 aromatic heterocycles. The van der Waals surface area contributed by atoms with Crippen molar-refractivity contribution in [3.05, 3.63) is 11.5 Å². The van der Waals surface area contributed by atoms with Crippen LogP contribution in [0.1, 0.15) is 32.6 Å². The molecule has 0 N–H and O–H groups in total. The van der Waals surface area contributed by atoms with Crippen molar-refractivity contribution in [3.8, 4) is 0 Å². The predicted molar refractivity (Wildman–Crippen MR) is 57.6 cm³/mol. The Morgan fingerprint density at radius 1 is 1.25 bits per heavy atom. The second-order valence-corrected chi connectivity index (χ2v) is 3.77. The first kappa shape index (κ1) is 12.0. The lowest BCUT2D eigenvalue weighted by Crippen LogP contribution is -1.80. The van der Waals surface area contributed by atoms with Crippen LogP contribution in [-0.4, -0.2) is 19.5 Å². The van der Waals surface area contributed by atoms with Gasteiger partial charge in [-0.3, -0.25) is 0 Å². The third kappa shape index (κ3) is 10.0. The molecule has 0 saturated carbocycles. The number of hydrogen-bond donors (Lipinski definition) is 0. The van der Waals surface area contributed by atoms with Gasteiger partial charge in [0.1, 0.15) is 0 Å². The lowest BCUT2D eigenvalue weighted by atomic mass is 10.2. The lowest BCUT2D eigenvalue weighted by Gasteiger charge is -1.95. The highest BCUT2D eigenvalue weighted by Gasteiger charge is 1.85. The number of hydrogen-bond acceptors (Lipinski definition) is 2. The third-order valence-corrected chi connectivity index (χ3v) is 2.48. The predicted octanol–water partition coefficient (Wildman–Crippen LogP) is 3.46. The number of methoxy groups -OCH3 is 1. The Kier molecular flexibility index (Phi) is 11.1. The fourth-order valence-electron chi connectivity index (χ4n) is 0.884. The second-order valence-electron chi connectivity index (χ2n) is 2.76. The topological polar surface area (TPSA) is 9.23 Å². The van der Waals surface area contributed by atoms with E-state index >= 15 is 0 Å². The van der Waals surface area contributed by atoms with Gasteiger partial charge in [0.25, 0.3) is 0 Å². The molecule has 72 valence electrons. The summed E-state index contributed by atoms with van der Waals surface area (Å²) < 4.78 is 4.89. The molecule has 1 nitrogen and oxygen atoms in total. The first-order valence-corrected chi connectivity index (χ1v) is 5.72. The maximum absolute atomic E-state index is 4.89. The van der Waals surface area contributed by atoms with E-state index in [1.165, 1.54) is 31.4 Å². The van der Waals surface area contributed by atoms with Crippen molar-refractivity contribution in [2.45, 2.75) is 32.6 Å². The van der Waals surface area contributed by atoms with Gasteiger partial charge in [-0.05, 0) is 17.6 Å². The molecule has 0 aliphatic heterocycles. The molecular weight excluding hydrogens is 168 g/mol. The molecule has 0 aromatic rings. The van der Waals surface area contributed by atoms with E-state index in [0.29, 0.717) is 0 Å². The summed E-state index contributed by atoms with van der Waals surface area (Å²) in [4.78, 5) is 0. The fraction of sp³-hybridized carbons (Fsp3) is 0.800. The van der Waals surface area contributed by atoms with Gasteiger partial charge in [-0.25, -0.2) is 0 Å². The highest BCUT2D eigenvalue weighted by Crippen LogP contribution is 2.08. The molecule has 0 amide bonds. The highest BCUT2D eigenvalue weighted by atomic mass is 32.2. The lowest BCUT2D eigenvalue weighted by molar-refractivity contribution is 0.234. The molecule has 0 bridgehead atoms. The summed E-state index contributed by atoms with van der Waals surface area (Å²) in [6.45, 7) is 2.98. The molecule has 0 spiro atoms. The number of unbranched alkanes of at least 4 members (excludes halogenated alkanes) is 3. The van der Waals surface area contributed by atoms with Gasteiger partial charge in [0.05, 0.1) is 6.61 Å². The SMILES string of the molecule is CCCCCCS/C=C/COC. The average molecular weight is 188 g/mol. The van der Waals surface area contributed by atoms with Crippen LogP contribution >= 0.6 is 11.8 Å². The van der Waals surface area contributed by atoms with E-state index in [1.54, 1.807) is 7.11 Å². The number of rotatable bonds is 8. The molecule has 0 fully saturated rings. The Morgan fingerprint density at radius 2 is 2.08 bits per heavy atom. The van der Waals surface area contributed by atoms with Gasteiger partial charge >= 0.3 is 0 Å². The van der Waals surface area contributed by atoms with Gasteiger partial charge in [0.2, 0.25) is 0 Å². The van der Waals surface area contributed by atoms with E-state index in [0.717, 1.165) is 6.61 Å². The Hall–Kier alpha value is 0.0500. The van der Waals surface area contributed by atoms with Gasteiger partial charge in [-0.15, -0.1) is 11.8 Å². The van der Waals surface area contributed by atoms with Gasteiger partial charge in [-0.2, -0.15) is 0 Å². The van der Waals surface area contributed by atoms with Crippen LogP contribution in [0.3, 0.4) is 0 Å². The van der Waals surface area contributed by atoms with Crippen LogP contribution in [0.25, 0.3) is 0 Å². The van der Waals surface area contributed by atoms with Crippen LogP contribution in [-0.2, 0) is 4.74 Å². The van der Waals surface area contributed by atoms with Crippen molar-refractivity contribution < 1.29 is 4.74 Å². The Balaban J connectivity index is 2.90. The minimum Gasteiger partial charge on any atom is -0.381 e. The molecular formula is C10H20OS. The second kappa shape index (κ2) is 11.1. The van der Waals surface area contributed by atoms with Crippen molar-refractivity contribution in [1.82, 2.24) is 0 Å². The summed E-state index contributed by atoms with van der Waals surface area (Å²) in [7, 11) is 1.72. The molecule has 0 aromatic carbocycles. The molecule has 0 unspecified atom stereocenters. The maximum atomic E-state index is 4.89. The fourth-order valence-corrected chi connectivity index (χ4v) is 1.61. The van der Waals surface area contributed by atoms with E-state index in [-0.39, 0.29) is 0 Å². The van der Waals surface area contributed by atoms with E-state index in [4.69, 9.17) is 4.74 Å². The van der Waals surface area contributed by atoms with Crippen molar-refractivity contribution in [2.75, 3.05) is 19.5 Å². The molecule has 12 heavy (non-hydrogen) atoms. The van der Waals surface area contributed by atoms with Gasteiger partial charge in [-0.1, -0.05) is 32.3 Å². The number of ether oxygens (including phenoxy) is 1. The minimum absolute atomic E-state index is 0.738. The molecule has 0 heterocycles. The maximum Gasteiger partial charge on any atom is 0.0651 e. The summed E-state index contributed by atoms with van der Waals surface area (Å²) in [6.07, 6.45) is 7.48. The summed E-state index contributed by atoms with van der Waals surface area (Å²) in [5.41, 5.74) is 0. The van der Waals surface area contributed by atoms with Crippen LogP contribution in [0.5, 0.6) is 0 Å². The molecule has 0 aliphatic carbocycles. The Labute approximate surface area is 80.6 Å². The third-order valence-electron chi connectivity index (χ3n) is 1.57. The molecule has 0 aliphatic rings. The monoisotopic (exact) mass is 188 g/mol. The van der Waals surface area contributed by atoms with Crippen LogP contribution < -0.4 is 0 Å². The van der Waals surface area contributed by atoms with E-state index in [9.17, 15) is 0 Å². The van der Waals surface area contributed by atoms with Crippen molar-refractivity contribution in [2.24, 2.45) is 0 Å². The molecule has 0 rings (SSSR count). The van der Waals surface area contributed by atoms with Crippen LogP contribution in [0, 0.1) is 0 Å². The van der Waals surface area contributed by atoms with Gasteiger partial charge in [0, 0.05) is 7.11 Å². The zero-order valence-corrected chi connectivity index (χ0v) is 9.03. The van der Waals surface area contributed by atoms with Crippen LogP contribution in [0.15, 0.2) is 11.5 Å². The van der Waals surface area contributed by atoms with Crippen molar-refractivity contribution in [1.29, 1.82) is 0 Å². The van der Waals surface area contributed by atoms with Crippen LogP contribution in [0.2, 0.25) is 0 Å². The van der Waals surface area contributed by atoms with Crippen LogP contribution in [0.4, 0.5) is 0 Å². The Bertz CT molecular complexity index is 102. The summed E-state index contributed by atoms with van der Waals surface area (Å²) in [5.74, 6) is 1.25. The standard InChI is InChI=1S/C10H20OS/c1-3-4-5-6-9-12-10-7-8-11-2/h7,10H,3-6,8-9H2,1-2H3/b10-7+. The smallest absolute Gasteiger partial charge is 0.0651 e. The van der Waals surface area contributed by atoms with Gasteiger partial charge in [0.15, 0.2) is 0 Å². The Morgan fingerprint density at radius 3 is 2.75 bits per heavy atom. The molecule has 2 heteroatoms. The first-order valence-electron chi connectivity index (χ1n) is 4.67. The highest BCUT2D eigenvalue weighted by molar-refractivity contribution is 8.02. The van der Waals surface area contributed by atoms with E-state index < -0.39 is 0 Å². The normalized spacial score (nSPS) is 11.2. The van der Waals surface area contributed by atoms with E-state index in [2.05, 4.69) is 18.4 Å². The number of thioether (sulfide) groups is 1. The molecule has 0 atom stereocenters. The van der Waals surface area contributed by atoms with Crippen molar-refractivity contribution >= 4 is 11.8 Å². The quantitative estimate of drug-likeness (QED) is 0.539. The van der Waals surface area contributed by atoms with Crippen molar-refractivity contribution in [3.63, 3.8) is 0 Å². The average Bonchev–Trinajstić information content (AvgIpc) is 2.10. The van der Waals surface area contributed by atoms with E-state index in [1.807, 2.05) is 11.8 Å². The van der Waals surface area contributed by atoms with Gasteiger partial charge < -0.3 is 4.74 Å². The summed E-state index contributed by atoms with van der Waals surface area (Å²) >= 11 is 1.88. The summed E-state index contributed by atoms with van der Waals surface area (Å²) in [5, 5.41) is 2.13. The summed E-state index contributed by atoms with van der Waals surface area (Å²) in [6, 6.07) is 0. The first-order chi connectivity index (χ1) is 5.91. The minimum atomic E-state index is 0.738.